The number of hydrogen-bond donors (Lipinski definition) is 0. The number of aryl methyl sites for hydroxylation is 1. The van der Waals surface area contributed by atoms with Crippen LogP contribution in [0.2, 0.25) is 0 Å². The quantitative estimate of drug-likeness (QED) is 0.727. The number of carbonyl (C=O) groups excluding carboxylic acids is 2. The minimum Gasteiger partial charge on any atom is -0.346 e. The standard InChI is InChI=1S/C12H16N2O2/c1-4-8(2)7-14-11(15)9-5-6-13(3)10(9)12(14)16/h5-6,8H,4,7H2,1-3H3. The third-order valence-corrected chi connectivity index (χ3v) is 3.19. The van der Waals surface area contributed by atoms with Crippen molar-refractivity contribution in [2.45, 2.75) is 20.3 Å². The molecule has 0 bridgehead atoms. The summed E-state index contributed by atoms with van der Waals surface area (Å²) in [5.41, 5.74) is 1.06. The van der Waals surface area contributed by atoms with Gasteiger partial charge >= 0.3 is 0 Å². The first-order valence-corrected chi connectivity index (χ1v) is 5.57. The summed E-state index contributed by atoms with van der Waals surface area (Å²) in [7, 11) is 1.79. The highest BCUT2D eigenvalue weighted by molar-refractivity contribution is 6.20. The molecule has 2 rings (SSSR count). The van der Waals surface area contributed by atoms with Gasteiger partial charge in [-0.25, -0.2) is 0 Å². The first-order valence-electron chi connectivity index (χ1n) is 5.57. The SMILES string of the molecule is CCC(C)CN1C(=O)c2ccn(C)c2C1=O. The molecule has 0 radical (unpaired) electrons. The van der Waals surface area contributed by atoms with E-state index in [-0.39, 0.29) is 11.8 Å². The van der Waals surface area contributed by atoms with Gasteiger partial charge in [-0.1, -0.05) is 20.3 Å². The van der Waals surface area contributed by atoms with Crippen LogP contribution in [-0.2, 0) is 7.05 Å². The minimum absolute atomic E-state index is 0.152. The Hall–Kier alpha value is -1.58. The molecule has 4 heteroatoms. The Kier molecular flexibility index (Phi) is 2.58. The van der Waals surface area contributed by atoms with Crippen molar-refractivity contribution in [1.82, 2.24) is 9.47 Å². The van der Waals surface area contributed by atoms with E-state index in [0.717, 1.165) is 6.42 Å². The average molecular weight is 220 g/mol. The second-order valence-corrected chi connectivity index (χ2v) is 4.42. The van der Waals surface area contributed by atoms with Crippen LogP contribution in [0.15, 0.2) is 12.3 Å². The maximum absolute atomic E-state index is 12.0. The van der Waals surface area contributed by atoms with Crippen LogP contribution in [0, 0.1) is 5.92 Å². The monoisotopic (exact) mass is 220 g/mol. The van der Waals surface area contributed by atoms with Crippen molar-refractivity contribution in [3.63, 3.8) is 0 Å². The Balaban J connectivity index is 2.29. The zero-order valence-corrected chi connectivity index (χ0v) is 9.86. The van der Waals surface area contributed by atoms with E-state index >= 15 is 0 Å². The van der Waals surface area contributed by atoms with Crippen molar-refractivity contribution in [2.24, 2.45) is 13.0 Å². The van der Waals surface area contributed by atoms with E-state index in [1.807, 2.05) is 6.92 Å². The molecule has 0 spiro atoms. The third kappa shape index (κ3) is 1.45. The number of fused-ring (bicyclic) bond motifs is 1. The predicted molar refractivity (Wildman–Crippen MR) is 60.2 cm³/mol. The smallest absolute Gasteiger partial charge is 0.278 e. The molecular weight excluding hydrogens is 204 g/mol. The predicted octanol–water partition coefficient (Wildman–Crippen LogP) is 1.67. The van der Waals surface area contributed by atoms with Gasteiger partial charge in [0.05, 0.1) is 5.56 Å². The van der Waals surface area contributed by atoms with E-state index in [9.17, 15) is 9.59 Å². The summed E-state index contributed by atoms with van der Waals surface area (Å²) >= 11 is 0. The van der Waals surface area contributed by atoms with Crippen molar-refractivity contribution < 1.29 is 9.59 Å². The molecule has 1 aliphatic rings. The molecule has 0 N–H and O–H groups in total. The van der Waals surface area contributed by atoms with Gasteiger partial charge in [0.1, 0.15) is 5.69 Å². The van der Waals surface area contributed by atoms with Gasteiger partial charge in [0, 0.05) is 19.8 Å². The maximum atomic E-state index is 12.0. The first kappa shape index (κ1) is 10.9. The van der Waals surface area contributed by atoms with Gasteiger partial charge in [-0.2, -0.15) is 0 Å². The molecule has 0 aromatic carbocycles. The summed E-state index contributed by atoms with van der Waals surface area (Å²) in [5, 5.41) is 0. The fourth-order valence-electron chi connectivity index (χ4n) is 1.94. The van der Waals surface area contributed by atoms with Crippen LogP contribution in [0.5, 0.6) is 0 Å². The lowest BCUT2D eigenvalue weighted by Gasteiger charge is -2.18. The Labute approximate surface area is 94.8 Å². The number of imide groups is 1. The zero-order chi connectivity index (χ0) is 11.9. The summed E-state index contributed by atoms with van der Waals surface area (Å²) < 4.78 is 1.71. The number of hydrogen-bond acceptors (Lipinski definition) is 2. The number of carbonyl (C=O) groups is 2. The van der Waals surface area contributed by atoms with E-state index in [1.165, 1.54) is 4.90 Å². The topological polar surface area (TPSA) is 42.3 Å². The van der Waals surface area contributed by atoms with Crippen molar-refractivity contribution in [3.8, 4) is 0 Å². The van der Waals surface area contributed by atoms with E-state index < -0.39 is 0 Å². The zero-order valence-electron chi connectivity index (χ0n) is 9.86. The number of nitrogens with zero attached hydrogens (tertiary/aromatic N) is 2. The Bertz CT molecular complexity index is 448. The van der Waals surface area contributed by atoms with E-state index in [1.54, 1.807) is 23.9 Å². The molecule has 2 amide bonds. The fourth-order valence-corrected chi connectivity index (χ4v) is 1.94. The van der Waals surface area contributed by atoms with Crippen LogP contribution in [0.25, 0.3) is 0 Å². The van der Waals surface area contributed by atoms with Gasteiger partial charge in [0.15, 0.2) is 0 Å². The lowest BCUT2D eigenvalue weighted by atomic mass is 10.1. The number of rotatable bonds is 3. The summed E-state index contributed by atoms with van der Waals surface area (Å²) in [6.45, 7) is 4.62. The summed E-state index contributed by atoms with van der Waals surface area (Å²) in [5.74, 6) is 0.0379. The van der Waals surface area contributed by atoms with E-state index in [4.69, 9.17) is 0 Å². The lowest BCUT2D eigenvalue weighted by molar-refractivity contribution is 0.0627. The molecule has 16 heavy (non-hydrogen) atoms. The highest BCUT2D eigenvalue weighted by Crippen LogP contribution is 2.24. The Morgan fingerprint density at radius 1 is 1.31 bits per heavy atom. The van der Waals surface area contributed by atoms with E-state index in [0.29, 0.717) is 23.7 Å². The molecule has 2 heterocycles. The molecule has 4 nitrogen and oxygen atoms in total. The Morgan fingerprint density at radius 2 is 2.00 bits per heavy atom. The van der Waals surface area contributed by atoms with Gasteiger partial charge in [-0.3, -0.25) is 14.5 Å². The number of amides is 2. The van der Waals surface area contributed by atoms with Crippen molar-refractivity contribution in [3.05, 3.63) is 23.5 Å². The maximum Gasteiger partial charge on any atom is 0.278 e. The second-order valence-electron chi connectivity index (χ2n) is 4.42. The van der Waals surface area contributed by atoms with Gasteiger partial charge in [0.2, 0.25) is 0 Å². The van der Waals surface area contributed by atoms with Crippen LogP contribution in [0.3, 0.4) is 0 Å². The van der Waals surface area contributed by atoms with Crippen LogP contribution in [-0.4, -0.2) is 27.8 Å². The fraction of sp³-hybridized carbons (Fsp3) is 0.500. The molecule has 1 atom stereocenters. The normalized spacial score (nSPS) is 16.8. The van der Waals surface area contributed by atoms with Crippen molar-refractivity contribution >= 4 is 11.8 Å². The van der Waals surface area contributed by atoms with Crippen LogP contribution in [0.1, 0.15) is 41.1 Å². The number of aromatic nitrogens is 1. The van der Waals surface area contributed by atoms with Crippen molar-refractivity contribution in [2.75, 3.05) is 6.54 Å². The molecule has 1 aromatic rings. The van der Waals surface area contributed by atoms with Crippen molar-refractivity contribution in [1.29, 1.82) is 0 Å². The van der Waals surface area contributed by atoms with Gasteiger partial charge in [-0.05, 0) is 12.0 Å². The minimum atomic E-state index is -0.159. The van der Waals surface area contributed by atoms with Crippen LogP contribution < -0.4 is 0 Å². The molecule has 1 aromatic heterocycles. The van der Waals surface area contributed by atoms with Gasteiger partial charge < -0.3 is 4.57 Å². The highest BCUT2D eigenvalue weighted by Gasteiger charge is 2.38. The molecule has 0 aliphatic carbocycles. The van der Waals surface area contributed by atoms with Gasteiger partial charge in [-0.15, -0.1) is 0 Å². The summed E-state index contributed by atoms with van der Waals surface area (Å²) in [6, 6.07) is 1.71. The largest absolute Gasteiger partial charge is 0.346 e. The van der Waals surface area contributed by atoms with Gasteiger partial charge in [0.25, 0.3) is 11.8 Å². The molecule has 0 fully saturated rings. The molecule has 86 valence electrons. The van der Waals surface area contributed by atoms with Crippen LogP contribution >= 0.6 is 0 Å². The Morgan fingerprint density at radius 3 is 2.56 bits per heavy atom. The highest BCUT2D eigenvalue weighted by atomic mass is 16.2. The lowest BCUT2D eigenvalue weighted by Crippen LogP contribution is -2.34. The third-order valence-electron chi connectivity index (χ3n) is 3.19. The average Bonchev–Trinajstić information content (AvgIpc) is 2.74. The first-order chi connectivity index (χ1) is 7.56. The summed E-state index contributed by atoms with van der Waals surface area (Å²) in [6.07, 6.45) is 2.72. The van der Waals surface area contributed by atoms with Crippen LogP contribution in [0.4, 0.5) is 0 Å². The molecule has 0 saturated heterocycles. The molecule has 1 aliphatic heterocycles. The molecular formula is C12H16N2O2. The summed E-state index contributed by atoms with van der Waals surface area (Å²) in [4.78, 5) is 25.3. The molecule has 0 saturated carbocycles. The molecule has 1 unspecified atom stereocenters. The second kappa shape index (κ2) is 3.77. The van der Waals surface area contributed by atoms with E-state index in [2.05, 4.69) is 6.92 Å².